The molecule has 0 fully saturated rings. The van der Waals surface area contributed by atoms with E-state index in [0.29, 0.717) is 11.1 Å². The van der Waals surface area contributed by atoms with E-state index in [4.69, 9.17) is 4.42 Å². The van der Waals surface area contributed by atoms with Crippen LogP contribution in [0.1, 0.15) is 18.1 Å². The van der Waals surface area contributed by atoms with Crippen LogP contribution in [0.25, 0.3) is 22.1 Å². The van der Waals surface area contributed by atoms with E-state index in [9.17, 15) is 4.79 Å². The Labute approximate surface area is 126 Å². The van der Waals surface area contributed by atoms with Gasteiger partial charge in [0.05, 0.1) is 5.56 Å². The van der Waals surface area contributed by atoms with Crippen molar-refractivity contribution in [2.24, 2.45) is 0 Å². The molecule has 21 heavy (non-hydrogen) atoms. The van der Waals surface area contributed by atoms with E-state index in [1.165, 1.54) is 5.56 Å². The van der Waals surface area contributed by atoms with Crippen molar-refractivity contribution in [2.75, 3.05) is 0 Å². The van der Waals surface area contributed by atoms with E-state index in [-0.39, 0.29) is 5.63 Å². The zero-order chi connectivity index (χ0) is 14.8. The van der Waals surface area contributed by atoms with Gasteiger partial charge < -0.3 is 4.42 Å². The van der Waals surface area contributed by atoms with Crippen molar-refractivity contribution < 1.29 is 4.42 Å². The third-order valence-electron chi connectivity index (χ3n) is 3.71. The van der Waals surface area contributed by atoms with Crippen LogP contribution in [0, 0.1) is 0 Å². The molecule has 0 spiro atoms. The first-order valence-electron chi connectivity index (χ1n) is 7.07. The van der Waals surface area contributed by atoms with Gasteiger partial charge in [0, 0.05) is 5.39 Å². The molecule has 1 aromatic heterocycles. The number of rotatable bonds is 3. The summed E-state index contributed by atoms with van der Waals surface area (Å²) in [4.78, 5) is 12.2. The second-order valence-electron chi connectivity index (χ2n) is 5.07. The third kappa shape index (κ3) is 2.77. The summed E-state index contributed by atoms with van der Waals surface area (Å²) in [7, 11) is 2.67. The van der Waals surface area contributed by atoms with Crippen molar-refractivity contribution in [2.45, 2.75) is 19.5 Å². The lowest BCUT2D eigenvalue weighted by Gasteiger charge is -2.05. The molecule has 3 aromatic rings. The first kappa shape index (κ1) is 14.0. The van der Waals surface area contributed by atoms with Gasteiger partial charge in [-0.1, -0.05) is 43.3 Å². The Balaban J connectivity index is 2.14. The van der Waals surface area contributed by atoms with Crippen LogP contribution in [0.3, 0.4) is 0 Å². The van der Waals surface area contributed by atoms with Crippen LogP contribution in [0.15, 0.2) is 57.7 Å². The van der Waals surface area contributed by atoms with E-state index in [1.807, 2.05) is 30.3 Å². The first-order valence-corrected chi connectivity index (χ1v) is 7.89. The maximum Gasteiger partial charge on any atom is 0.344 e. The summed E-state index contributed by atoms with van der Waals surface area (Å²) in [6, 6.07) is 16.0. The summed E-state index contributed by atoms with van der Waals surface area (Å²) in [5.41, 5.74) is 4.27. The molecule has 3 rings (SSSR count). The standard InChI is InChI=1S/C18H17O2P/c1-2-12-3-6-14(7-4-12)16-10-15-8-5-13(11-21)9-17(15)20-18(16)19/h3-10H,2,11,21H2,1H3. The van der Waals surface area contributed by atoms with Gasteiger partial charge in [-0.15, -0.1) is 9.24 Å². The molecule has 0 aliphatic carbocycles. The molecule has 0 saturated heterocycles. The molecule has 2 aromatic carbocycles. The average molecular weight is 296 g/mol. The summed E-state index contributed by atoms with van der Waals surface area (Å²) in [5, 5.41) is 0.950. The summed E-state index contributed by atoms with van der Waals surface area (Å²) < 4.78 is 5.48. The van der Waals surface area contributed by atoms with Crippen molar-refractivity contribution in [1.82, 2.24) is 0 Å². The van der Waals surface area contributed by atoms with Crippen LogP contribution in [0.2, 0.25) is 0 Å². The topological polar surface area (TPSA) is 30.2 Å². The smallest absolute Gasteiger partial charge is 0.344 e. The second-order valence-corrected chi connectivity index (χ2v) is 5.48. The van der Waals surface area contributed by atoms with E-state index >= 15 is 0 Å². The predicted octanol–water partition coefficient (Wildman–Crippen LogP) is 4.40. The van der Waals surface area contributed by atoms with Gasteiger partial charge in [0.2, 0.25) is 0 Å². The molecule has 0 aliphatic heterocycles. The molecule has 106 valence electrons. The van der Waals surface area contributed by atoms with Crippen LogP contribution in [0.4, 0.5) is 0 Å². The highest BCUT2D eigenvalue weighted by Gasteiger charge is 2.08. The minimum Gasteiger partial charge on any atom is -0.422 e. The minimum absolute atomic E-state index is 0.285. The molecule has 1 unspecified atom stereocenters. The van der Waals surface area contributed by atoms with E-state index in [2.05, 4.69) is 34.4 Å². The van der Waals surface area contributed by atoms with Gasteiger partial charge in [-0.25, -0.2) is 4.79 Å². The molecule has 3 heteroatoms. The molecule has 0 N–H and O–H groups in total. The van der Waals surface area contributed by atoms with Crippen LogP contribution in [-0.2, 0) is 12.6 Å². The van der Waals surface area contributed by atoms with Gasteiger partial charge in [-0.2, -0.15) is 0 Å². The summed E-state index contributed by atoms with van der Waals surface area (Å²) in [6.45, 7) is 2.11. The fourth-order valence-corrected chi connectivity index (χ4v) is 2.66. The quantitative estimate of drug-likeness (QED) is 0.530. The summed E-state index contributed by atoms with van der Waals surface area (Å²) >= 11 is 0. The number of hydrogen-bond donors (Lipinski definition) is 0. The first-order chi connectivity index (χ1) is 10.2. The second kappa shape index (κ2) is 5.83. The van der Waals surface area contributed by atoms with E-state index < -0.39 is 0 Å². The van der Waals surface area contributed by atoms with Gasteiger partial charge in [0.15, 0.2) is 0 Å². The fraction of sp³-hybridized carbons (Fsp3) is 0.167. The zero-order valence-corrected chi connectivity index (χ0v) is 13.1. The SMILES string of the molecule is CCc1ccc(-c2cc3ccc(CP)cc3oc2=O)cc1. The summed E-state index contributed by atoms with van der Waals surface area (Å²) in [6.07, 6.45) is 1.84. The molecule has 0 aliphatic rings. The van der Waals surface area contributed by atoms with Gasteiger partial charge in [-0.05, 0) is 41.4 Å². The molecular formula is C18H17O2P. The molecule has 0 radical (unpaired) electrons. The predicted molar refractivity (Wildman–Crippen MR) is 90.7 cm³/mol. The lowest BCUT2D eigenvalue weighted by Crippen LogP contribution is -2.02. The summed E-state index contributed by atoms with van der Waals surface area (Å²) in [5.74, 6) is 0. The number of fused-ring (bicyclic) bond motifs is 1. The number of hydrogen-bond acceptors (Lipinski definition) is 2. The molecular weight excluding hydrogens is 279 g/mol. The van der Waals surface area contributed by atoms with E-state index in [1.54, 1.807) is 0 Å². The molecule has 1 heterocycles. The van der Waals surface area contributed by atoms with Gasteiger partial charge in [0.25, 0.3) is 0 Å². The number of aryl methyl sites for hydroxylation is 1. The van der Waals surface area contributed by atoms with Crippen molar-refractivity contribution in [1.29, 1.82) is 0 Å². The van der Waals surface area contributed by atoms with Crippen molar-refractivity contribution in [3.63, 3.8) is 0 Å². The Morgan fingerprint density at radius 3 is 2.38 bits per heavy atom. The van der Waals surface area contributed by atoms with Crippen molar-refractivity contribution >= 4 is 20.2 Å². The normalized spacial score (nSPS) is 11.0. The van der Waals surface area contributed by atoms with Crippen molar-refractivity contribution in [3.05, 3.63) is 70.1 Å². The maximum atomic E-state index is 12.2. The Bertz CT molecular complexity index is 832. The minimum atomic E-state index is -0.285. The molecule has 0 bridgehead atoms. The lowest BCUT2D eigenvalue weighted by molar-refractivity contribution is 0.563. The van der Waals surface area contributed by atoms with Gasteiger partial charge >= 0.3 is 5.63 Å². The average Bonchev–Trinajstić information content (AvgIpc) is 2.53. The maximum absolute atomic E-state index is 12.2. The Hall–Kier alpha value is -1.92. The largest absolute Gasteiger partial charge is 0.422 e. The number of benzene rings is 2. The molecule has 0 amide bonds. The highest BCUT2D eigenvalue weighted by molar-refractivity contribution is 7.15. The molecule has 1 atom stereocenters. The Morgan fingerprint density at radius 2 is 1.71 bits per heavy atom. The Morgan fingerprint density at radius 1 is 1.00 bits per heavy atom. The third-order valence-corrected chi connectivity index (χ3v) is 4.18. The van der Waals surface area contributed by atoms with Crippen molar-refractivity contribution in [3.8, 4) is 11.1 Å². The van der Waals surface area contributed by atoms with E-state index in [0.717, 1.165) is 29.1 Å². The van der Waals surface area contributed by atoms with Gasteiger partial charge in [-0.3, -0.25) is 0 Å². The molecule has 0 saturated carbocycles. The fourth-order valence-electron chi connectivity index (χ4n) is 2.40. The highest BCUT2D eigenvalue weighted by Crippen LogP contribution is 2.23. The monoisotopic (exact) mass is 296 g/mol. The molecule has 2 nitrogen and oxygen atoms in total. The zero-order valence-electron chi connectivity index (χ0n) is 11.9. The van der Waals surface area contributed by atoms with Gasteiger partial charge in [0.1, 0.15) is 5.58 Å². The van der Waals surface area contributed by atoms with Crippen LogP contribution < -0.4 is 5.63 Å². The van der Waals surface area contributed by atoms with Crippen LogP contribution in [-0.4, -0.2) is 0 Å². The van der Waals surface area contributed by atoms with Crippen LogP contribution in [0.5, 0.6) is 0 Å². The van der Waals surface area contributed by atoms with Crippen LogP contribution >= 0.6 is 9.24 Å². The Kier molecular flexibility index (Phi) is 3.90. The highest BCUT2D eigenvalue weighted by atomic mass is 31.0. The lowest BCUT2D eigenvalue weighted by atomic mass is 10.0.